The van der Waals surface area contributed by atoms with E-state index in [4.69, 9.17) is 4.74 Å². The third kappa shape index (κ3) is 6.23. The molecular weight excluding hydrogens is 373 g/mol. The van der Waals surface area contributed by atoms with E-state index in [2.05, 4.69) is 17.4 Å². The minimum Gasteiger partial charge on any atom is -0.493 e. The van der Waals surface area contributed by atoms with Crippen LogP contribution in [0, 0.1) is 23.6 Å². The van der Waals surface area contributed by atoms with Crippen molar-refractivity contribution in [3.05, 3.63) is 24.0 Å². The van der Waals surface area contributed by atoms with Crippen LogP contribution in [0.15, 0.2) is 18.2 Å². The van der Waals surface area contributed by atoms with E-state index in [1.165, 1.54) is 50.7 Å². The summed E-state index contributed by atoms with van der Waals surface area (Å²) in [6.45, 7) is 1.12. The summed E-state index contributed by atoms with van der Waals surface area (Å²) in [7, 11) is 0. The molecule has 1 aromatic carbocycles. The van der Waals surface area contributed by atoms with Gasteiger partial charge in [-0.1, -0.05) is 0 Å². The number of ether oxygens (including phenoxy) is 2. The Hall–Kier alpha value is -1.04. The Balaban J connectivity index is 1.43. The second-order valence-electron chi connectivity index (χ2n) is 8.16. The van der Waals surface area contributed by atoms with Gasteiger partial charge in [-0.15, -0.1) is 0 Å². The Labute approximate surface area is 165 Å². The lowest BCUT2D eigenvalue weighted by Gasteiger charge is -2.37. The molecular formula is C21H29F3O2S. The molecule has 0 aliphatic heterocycles. The summed E-state index contributed by atoms with van der Waals surface area (Å²) >= 11 is 4.59. The predicted molar refractivity (Wildman–Crippen MR) is 103 cm³/mol. The average molecular weight is 403 g/mol. The lowest BCUT2D eigenvalue weighted by molar-refractivity contribution is -0.160. The maximum absolute atomic E-state index is 13.9. The number of hydrogen-bond donors (Lipinski definition) is 1. The summed E-state index contributed by atoms with van der Waals surface area (Å²) in [6.07, 6.45) is 6.45. The van der Waals surface area contributed by atoms with Crippen molar-refractivity contribution in [3.63, 3.8) is 0 Å². The number of halogens is 3. The molecule has 2 fully saturated rings. The third-order valence-electron chi connectivity index (χ3n) is 5.98. The highest BCUT2D eigenvalue weighted by atomic mass is 32.1. The molecule has 2 aliphatic carbocycles. The summed E-state index contributed by atoms with van der Waals surface area (Å²) in [6, 6.07) is 3.78. The van der Waals surface area contributed by atoms with E-state index in [0.29, 0.717) is 30.4 Å². The number of hydrogen-bond acceptors (Lipinski definition) is 3. The second-order valence-corrected chi connectivity index (χ2v) is 8.89. The fourth-order valence-corrected chi connectivity index (χ4v) is 4.76. The highest BCUT2D eigenvalue weighted by Gasteiger charge is 2.30. The number of thiol groups is 1. The molecule has 2 saturated carbocycles. The maximum Gasteiger partial charge on any atom is 0.395 e. The molecule has 2 nitrogen and oxygen atoms in total. The van der Waals surface area contributed by atoms with Gasteiger partial charge in [0.25, 0.3) is 0 Å². The van der Waals surface area contributed by atoms with Crippen LogP contribution >= 0.6 is 12.6 Å². The monoisotopic (exact) mass is 402 g/mol. The van der Waals surface area contributed by atoms with Crippen molar-refractivity contribution in [2.24, 2.45) is 17.8 Å². The van der Waals surface area contributed by atoms with Gasteiger partial charge in [0.05, 0.1) is 6.61 Å². The molecule has 1 aromatic rings. The van der Waals surface area contributed by atoms with Gasteiger partial charge in [0.2, 0.25) is 0 Å². The minimum atomic E-state index is -3.41. The quantitative estimate of drug-likeness (QED) is 0.548. The van der Waals surface area contributed by atoms with Crippen LogP contribution in [0.5, 0.6) is 11.5 Å². The highest BCUT2D eigenvalue weighted by Crippen LogP contribution is 2.41. The van der Waals surface area contributed by atoms with E-state index in [0.717, 1.165) is 30.7 Å². The first kappa shape index (κ1) is 20.7. The standard InChI is InChI=1S/C21H29F3O2S/c1-21(23,24)26-20-11-8-17(12-19(20)22)25-13-14-2-4-15(5-3-14)16-6-9-18(27)10-7-16/h8,11-12,14-16,18,27H,2-7,9-10,13H2,1H3. The first-order valence-corrected chi connectivity index (χ1v) is 10.5. The fourth-order valence-electron chi connectivity index (χ4n) is 4.46. The SMILES string of the molecule is CC(F)(F)Oc1ccc(OCC2CCC(C3CCC(S)CC3)CC2)cc1F. The summed E-state index contributed by atoms with van der Waals surface area (Å²) < 4.78 is 49.6. The van der Waals surface area contributed by atoms with Gasteiger partial charge in [-0.3, -0.25) is 0 Å². The Morgan fingerprint density at radius 2 is 1.59 bits per heavy atom. The smallest absolute Gasteiger partial charge is 0.395 e. The molecule has 0 N–H and O–H groups in total. The topological polar surface area (TPSA) is 18.5 Å². The highest BCUT2D eigenvalue weighted by molar-refractivity contribution is 7.80. The van der Waals surface area contributed by atoms with Gasteiger partial charge in [0.15, 0.2) is 11.6 Å². The molecule has 0 radical (unpaired) electrons. The molecule has 0 heterocycles. The van der Waals surface area contributed by atoms with Gasteiger partial charge in [-0.2, -0.15) is 21.4 Å². The first-order chi connectivity index (χ1) is 12.8. The number of rotatable bonds is 6. The number of benzene rings is 1. The van der Waals surface area contributed by atoms with Gasteiger partial charge >= 0.3 is 6.11 Å². The lowest BCUT2D eigenvalue weighted by atomic mass is 9.71. The molecule has 152 valence electrons. The van der Waals surface area contributed by atoms with E-state index in [1.54, 1.807) is 0 Å². The summed E-state index contributed by atoms with van der Waals surface area (Å²) in [4.78, 5) is 0. The maximum atomic E-state index is 13.9. The van der Waals surface area contributed by atoms with Crippen molar-refractivity contribution in [3.8, 4) is 11.5 Å². The van der Waals surface area contributed by atoms with E-state index >= 15 is 0 Å². The van der Waals surface area contributed by atoms with Crippen LogP contribution in [0.1, 0.15) is 58.3 Å². The summed E-state index contributed by atoms with van der Waals surface area (Å²) in [5.74, 6) is 1.21. The molecule has 0 spiro atoms. The Morgan fingerprint density at radius 1 is 1.00 bits per heavy atom. The Bertz CT molecular complexity index is 604. The Morgan fingerprint density at radius 3 is 2.15 bits per heavy atom. The van der Waals surface area contributed by atoms with Crippen molar-refractivity contribution in [2.75, 3.05) is 6.61 Å². The largest absolute Gasteiger partial charge is 0.493 e. The third-order valence-corrected chi connectivity index (χ3v) is 6.49. The fraction of sp³-hybridized carbons (Fsp3) is 0.714. The minimum absolute atomic E-state index is 0.355. The summed E-state index contributed by atoms with van der Waals surface area (Å²) in [5.41, 5.74) is 0. The number of alkyl halides is 2. The second kappa shape index (κ2) is 8.97. The average Bonchev–Trinajstić information content (AvgIpc) is 2.62. The zero-order valence-corrected chi connectivity index (χ0v) is 16.7. The van der Waals surface area contributed by atoms with Gasteiger partial charge in [-0.05, 0) is 81.3 Å². The van der Waals surface area contributed by atoms with Crippen LogP contribution in [0.25, 0.3) is 0 Å². The first-order valence-electron chi connectivity index (χ1n) is 9.97. The molecule has 27 heavy (non-hydrogen) atoms. The van der Waals surface area contributed by atoms with Crippen molar-refractivity contribution >= 4 is 12.6 Å². The van der Waals surface area contributed by atoms with Crippen molar-refractivity contribution in [1.82, 2.24) is 0 Å². The molecule has 0 saturated heterocycles. The Kier molecular flexibility index (Phi) is 6.88. The molecule has 0 atom stereocenters. The van der Waals surface area contributed by atoms with Gasteiger partial charge in [0, 0.05) is 18.2 Å². The lowest BCUT2D eigenvalue weighted by Crippen LogP contribution is -2.27. The molecule has 2 aliphatic rings. The molecule has 0 bridgehead atoms. The van der Waals surface area contributed by atoms with Crippen molar-refractivity contribution in [1.29, 1.82) is 0 Å². The zero-order valence-electron chi connectivity index (χ0n) is 15.8. The van der Waals surface area contributed by atoms with Crippen LogP contribution in [-0.2, 0) is 0 Å². The van der Waals surface area contributed by atoms with Gasteiger partial charge in [-0.25, -0.2) is 4.39 Å². The van der Waals surface area contributed by atoms with Crippen LogP contribution in [0.2, 0.25) is 0 Å². The van der Waals surface area contributed by atoms with Gasteiger partial charge < -0.3 is 9.47 Å². The van der Waals surface area contributed by atoms with Gasteiger partial charge in [0.1, 0.15) is 5.75 Å². The van der Waals surface area contributed by atoms with Crippen molar-refractivity contribution < 1.29 is 22.6 Å². The van der Waals surface area contributed by atoms with Crippen LogP contribution in [0.4, 0.5) is 13.2 Å². The molecule has 0 aromatic heterocycles. The molecule has 6 heteroatoms. The zero-order chi connectivity index (χ0) is 19.4. The van der Waals surface area contributed by atoms with Crippen LogP contribution in [0.3, 0.4) is 0 Å². The summed E-state index contributed by atoms with van der Waals surface area (Å²) in [5, 5.41) is 0.590. The molecule has 0 unspecified atom stereocenters. The van der Waals surface area contributed by atoms with E-state index in [-0.39, 0.29) is 0 Å². The van der Waals surface area contributed by atoms with Crippen molar-refractivity contribution in [2.45, 2.75) is 69.6 Å². The van der Waals surface area contributed by atoms with Crippen LogP contribution in [-0.4, -0.2) is 18.0 Å². The molecule has 0 amide bonds. The predicted octanol–water partition coefficient (Wildman–Crippen LogP) is 6.49. The van der Waals surface area contributed by atoms with E-state index in [1.807, 2.05) is 0 Å². The van der Waals surface area contributed by atoms with E-state index < -0.39 is 17.7 Å². The van der Waals surface area contributed by atoms with E-state index in [9.17, 15) is 13.2 Å². The molecule has 3 rings (SSSR count). The van der Waals surface area contributed by atoms with Crippen LogP contribution < -0.4 is 9.47 Å². The normalized spacial score (nSPS) is 29.4.